The van der Waals surface area contributed by atoms with Crippen LogP contribution in [-0.2, 0) is 5.75 Å². The van der Waals surface area contributed by atoms with Crippen molar-refractivity contribution < 1.29 is 0 Å². The van der Waals surface area contributed by atoms with Crippen LogP contribution in [-0.4, -0.2) is 9.38 Å². The Hall–Kier alpha value is -1.11. The number of benzene rings is 1. The second kappa shape index (κ2) is 5.48. The Bertz CT molecular complexity index is 781. The van der Waals surface area contributed by atoms with Gasteiger partial charge in [-0.15, -0.1) is 23.1 Å². The molecule has 19 heavy (non-hydrogen) atoms. The molecule has 0 bridgehead atoms. The van der Waals surface area contributed by atoms with Crippen LogP contribution in [0.2, 0.25) is 0 Å². The monoisotopic (exact) mass is 352 g/mol. The van der Waals surface area contributed by atoms with Gasteiger partial charge in [-0.05, 0) is 28.1 Å². The van der Waals surface area contributed by atoms with Crippen LogP contribution >= 0.6 is 39.0 Å². The Kier molecular flexibility index (Phi) is 3.72. The Balaban J connectivity index is 1.86. The molecule has 3 rings (SSSR count). The number of halogens is 1. The molecule has 0 aliphatic rings. The van der Waals surface area contributed by atoms with Gasteiger partial charge in [-0.2, -0.15) is 0 Å². The average Bonchev–Trinajstić information content (AvgIpc) is 2.87. The summed E-state index contributed by atoms with van der Waals surface area (Å²) in [6.07, 6.45) is 1.75. The molecule has 0 aliphatic heterocycles. The summed E-state index contributed by atoms with van der Waals surface area (Å²) in [6, 6.07) is 9.64. The van der Waals surface area contributed by atoms with Gasteiger partial charge in [-0.25, -0.2) is 4.98 Å². The number of rotatable bonds is 3. The van der Waals surface area contributed by atoms with Gasteiger partial charge in [-0.3, -0.25) is 9.20 Å². The van der Waals surface area contributed by atoms with E-state index in [0.29, 0.717) is 5.75 Å². The lowest BCUT2D eigenvalue weighted by atomic mass is 10.4. The molecule has 96 valence electrons. The fourth-order valence-corrected chi connectivity index (χ4v) is 3.87. The van der Waals surface area contributed by atoms with Gasteiger partial charge in [0.1, 0.15) is 0 Å². The molecule has 1 aromatic carbocycles. The van der Waals surface area contributed by atoms with Crippen LogP contribution in [0, 0.1) is 0 Å². The molecule has 0 unspecified atom stereocenters. The Labute approximate surface area is 126 Å². The maximum Gasteiger partial charge on any atom is 0.258 e. The summed E-state index contributed by atoms with van der Waals surface area (Å²) < 4.78 is 2.63. The van der Waals surface area contributed by atoms with Crippen molar-refractivity contribution in [2.24, 2.45) is 0 Å². The summed E-state index contributed by atoms with van der Waals surface area (Å²) in [7, 11) is 0. The van der Waals surface area contributed by atoms with Crippen molar-refractivity contribution in [3.05, 3.63) is 62.4 Å². The van der Waals surface area contributed by atoms with Crippen molar-refractivity contribution in [2.45, 2.75) is 10.6 Å². The number of nitrogens with zero attached hydrogens (tertiary/aromatic N) is 2. The van der Waals surface area contributed by atoms with Crippen LogP contribution in [0.3, 0.4) is 0 Å². The van der Waals surface area contributed by atoms with E-state index >= 15 is 0 Å². The van der Waals surface area contributed by atoms with E-state index in [9.17, 15) is 4.79 Å². The maximum atomic E-state index is 11.9. The molecule has 2 heterocycles. The molecule has 0 saturated carbocycles. The fourth-order valence-electron chi connectivity index (χ4n) is 1.68. The quantitative estimate of drug-likeness (QED) is 0.672. The number of fused-ring (bicyclic) bond motifs is 1. The second-order valence-electron chi connectivity index (χ2n) is 3.86. The summed E-state index contributed by atoms with van der Waals surface area (Å²) in [5.74, 6) is 0.687. The van der Waals surface area contributed by atoms with Gasteiger partial charge in [-0.1, -0.05) is 12.1 Å². The first-order valence-electron chi connectivity index (χ1n) is 5.57. The third kappa shape index (κ3) is 2.75. The molecular weight excluding hydrogens is 344 g/mol. The van der Waals surface area contributed by atoms with E-state index in [0.717, 1.165) is 20.0 Å². The van der Waals surface area contributed by atoms with Crippen molar-refractivity contribution in [1.29, 1.82) is 0 Å². The zero-order chi connectivity index (χ0) is 13.2. The largest absolute Gasteiger partial charge is 0.269 e. The normalized spacial score (nSPS) is 11.0. The number of hydrogen-bond donors (Lipinski definition) is 0. The smallest absolute Gasteiger partial charge is 0.258 e. The first-order valence-corrected chi connectivity index (χ1v) is 8.23. The first-order chi connectivity index (χ1) is 9.24. The molecular formula is C13H9BrN2OS2. The predicted molar refractivity (Wildman–Crippen MR) is 83.0 cm³/mol. The summed E-state index contributed by atoms with van der Waals surface area (Å²) >= 11 is 6.65. The zero-order valence-electron chi connectivity index (χ0n) is 9.75. The van der Waals surface area contributed by atoms with Gasteiger partial charge >= 0.3 is 0 Å². The highest BCUT2D eigenvalue weighted by Crippen LogP contribution is 2.29. The minimum absolute atomic E-state index is 0.0195. The molecule has 0 spiro atoms. The third-order valence-corrected chi connectivity index (χ3v) is 5.39. The van der Waals surface area contributed by atoms with Gasteiger partial charge in [0, 0.05) is 32.8 Å². The highest BCUT2D eigenvalue weighted by Gasteiger charge is 2.05. The van der Waals surface area contributed by atoms with Gasteiger partial charge in [0.05, 0.1) is 5.69 Å². The molecule has 0 atom stereocenters. The van der Waals surface area contributed by atoms with E-state index in [-0.39, 0.29) is 5.56 Å². The zero-order valence-corrected chi connectivity index (χ0v) is 13.0. The Morgan fingerprint density at radius 2 is 2.21 bits per heavy atom. The topological polar surface area (TPSA) is 34.4 Å². The number of aromatic nitrogens is 2. The minimum Gasteiger partial charge on any atom is -0.269 e. The van der Waals surface area contributed by atoms with Crippen LogP contribution in [0.25, 0.3) is 4.96 Å². The van der Waals surface area contributed by atoms with Gasteiger partial charge in [0.15, 0.2) is 4.96 Å². The standard InChI is InChI=1S/C13H9BrN2OS2/c14-10-3-1-2-4-11(10)19-8-9-7-12(17)16-5-6-18-13(16)15-9/h1-7H,8H2. The van der Waals surface area contributed by atoms with Crippen LogP contribution in [0.1, 0.15) is 5.69 Å². The Morgan fingerprint density at radius 1 is 1.37 bits per heavy atom. The van der Waals surface area contributed by atoms with Crippen molar-refractivity contribution in [1.82, 2.24) is 9.38 Å². The van der Waals surface area contributed by atoms with E-state index in [2.05, 4.69) is 20.9 Å². The SMILES string of the molecule is O=c1cc(CSc2ccccc2Br)nc2sccn12. The van der Waals surface area contributed by atoms with E-state index in [1.54, 1.807) is 28.4 Å². The molecule has 0 radical (unpaired) electrons. The lowest BCUT2D eigenvalue weighted by Crippen LogP contribution is -2.12. The lowest BCUT2D eigenvalue weighted by Gasteiger charge is -2.03. The maximum absolute atomic E-state index is 11.9. The molecule has 0 saturated heterocycles. The summed E-state index contributed by atoms with van der Waals surface area (Å²) in [5.41, 5.74) is 0.794. The van der Waals surface area contributed by atoms with Crippen LogP contribution in [0.15, 0.2) is 56.1 Å². The summed E-state index contributed by atoms with van der Waals surface area (Å²) in [5, 5.41) is 1.87. The number of thioether (sulfide) groups is 1. The molecule has 0 N–H and O–H groups in total. The minimum atomic E-state index is -0.0195. The molecule has 0 fully saturated rings. The molecule has 3 nitrogen and oxygen atoms in total. The number of hydrogen-bond acceptors (Lipinski definition) is 4. The van der Waals surface area contributed by atoms with Gasteiger partial charge in [0.2, 0.25) is 0 Å². The Morgan fingerprint density at radius 3 is 3.05 bits per heavy atom. The number of thiazole rings is 1. The van der Waals surface area contributed by atoms with Crippen molar-refractivity contribution in [3.63, 3.8) is 0 Å². The van der Waals surface area contributed by atoms with E-state index in [1.165, 1.54) is 11.3 Å². The first kappa shape index (κ1) is 12.9. The van der Waals surface area contributed by atoms with Crippen LogP contribution in [0.5, 0.6) is 0 Å². The molecule has 0 aliphatic carbocycles. The van der Waals surface area contributed by atoms with Crippen molar-refractivity contribution in [3.8, 4) is 0 Å². The van der Waals surface area contributed by atoms with E-state index < -0.39 is 0 Å². The van der Waals surface area contributed by atoms with E-state index in [1.807, 2.05) is 29.6 Å². The average molecular weight is 353 g/mol. The third-order valence-electron chi connectivity index (χ3n) is 2.57. The summed E-state index contributed by atoms with van der Waals surface area (Å²) in [4.78, 5) is 18.2. The molecule has 2 aromatic heterocycles. The highest BCUT2D eigenvalue weighted by atomic mass is 79.9. The van der Waals surface area contributed by atoms with Gasteiger partial charge < -0.3 is 0 Å². The summed E-state index contributed by atoms with van der Waals surface area (Å²) in [6.45, 7) is 0. The molecule has 0 amide bonds. The lowest BCUT2D eigenvalue weighted by molar-refractivity contribution is 1.04. The van der Waals surface area contributed by atoms with Crippen molar-refractivity contribution >= 4 is 44.0 Å². The second-order valence-corrected chi connectivity index (χ2v) is 6.60. The van der Waals surface area contributed by atoms with E-state index in [4.69, 9.17) is 0 Å². The van der Waals surface area contributed by atoms with Crippen LogP contribution in [0.4, 0.5) is 0 Å². The highest BCUT2D eigenvalue weighted by molar-refractivity contribution is 9.10. The van der Waals surface area contributed by atoms with Gasteiger partial charge in [0.25, 0.3) is 5.56 Å². The molecule has 3 aromatic rings. The van der Waals surface area contributed by atoms with Crippen molar-refractivity contribution in [2.75, 3.05) is 0 Å². The molecule has 6 heteroatoms. The fraction of sp³-hybridized carbons (Fsp3) is 0.0769. The van der Waals surface area contributed by atoms with Crippen LogP contribution < -0.4 is 5.56 Å². The predicted octanol–water partition coefficient (Wildman–Crippen LogP) is 3.81.